The van der Waals surface area contributed by atoms with E-state index < -0.39 is 9.84 Å². The second kappa shape index (κ2) is 17.1. The molecule has 272 valence electrons. The molecular weight excluding hydrogens is 870 g/mol. The van der Waals surface area contributed by atoms with Gasteiger partial charge in [0.1, 0.15) is 0 Å². The molecule has 2 heterocycles. The number of nitrogens with zero attached hydrogens (tertiary/aromatic N) is 4. The molecule has 6 aromatic rings. The minimum absolute atomic E-state index is 0. The number of allylic oxidation sites excluding steroid dienone is 1. The summed E-state index contributed by atoms with van der Waals surface area (Å²) in [5, 5.41) is 7.77. The molecule has 1 N–H and O–H groups in total. The first-order valence-electron chi connectivity index (χ1n) is 17.3. The Labute approximate surface area is 333 Å². The fourth-order valence-corrected chi connectivity index (χ4v) is 7.87. The molecule has 2 aliphatic rings. The van der Waals surface area contributed by atoms with Crippen LogP contribution in [0.2, 0.25) is 0 Å². The molecule has 0 fully saturated rings. The first-order valence-corrected chi connectivity index (χ1v) is 18.7. The summed E-state index contributed by atoms with van der Waals surface area (Å²) in [7, 11) is 0.632. The van der Waals surface area contributed by atoms with Crippen LogP contribution in [0.4, 0.5) is 22.7 Å². The molecule has 0 bridgehead atoms. The van der Waals surface area contributed by atoms with Crippen molar-refractivity contribution in [2.45, 2.75) is 16.7 Å². The molecule has 0 aromatic heterocycles. The number of sulfone groups is 1. The van der Waals surface area contributed by atoms with Gasteiger partial charge in [-0.05, 0) is 79.6 Å². The molecule has 0 unspecified atom stereocenters. The Hall–Kier alpha value is -5.56. The van der Waals surface area contributed by atoms with Crippen molar-refractivity contribution in [3.63, 3.8) is 0 Å². The van der Waals surface area contributed by atoms with Gasteiger partial charge in [-0.3, -0.25) is 0 Å². The van der Waals surface area contributed by atoms with Crippen LogP contribution >= 0.6 is 0 Å². The maximum absolute atomic E-state index is 12.2. The third kappa shape index (κ3) is 8.31. The zero-order chi connectivity index (χ0) is 36.8. The van der Waals surface area contributed by atoms with Crippen molar-refractivity contribution in [1.29, 1.82) is 0 Å². The second-order valence-corrected chi connectivity index (χ2v) is 14.5. The Morgan fingerprint density at radius 1 is 0.741 bits per heavy atom. The summed E-state index contributed by atoms with van der Waals surface area (Å²) in [6.07, 6.45) is 8.09. The molecule has 0 atom stereocenters. The maximum Gasteiger partial charge on any atom is 4.00 e. The third-order valence-electron chi connectivity index (χ3n) is 8.78. The van der Waals surface area contributed by atoms with Crippen molar-refractivity contribution in [2.24, 2.45) is 0 Å². The molecule has 0 aliphatic carbocycles. The van der Waals surface area contributed by atoms with E-state index in [4.69, 9.17) is 0 Å². The van der Waals surface area contributed by atoms with Crippen molar-refractivity contribution in [3.05, 3.63) is 189 Å². The summed E-state index contributed by atoms with van der Waals surface area (Å²) < 4.78 is 24.5. The molecular formula is C45H39N5O2PtS. The number of benzene rings is 6. The van der Waals surface area contributed by atoms with Gasteiger partial charge in [-0.15, -0.1) is 46.5 Å². The molecule has 0 radical (unpaired) electrons. The van der Waals surface area contributed by atoms with E-state index in [1.54, 1.807) is 48.5 Å². The van der Waals surface area contributed by atoms with Gasteiger partial charge in [-0.2, -0.15) is 13.3 Å². The van der Waals surface area contributed by atoms with Crippen LogP contribution in [0.1, 0.15) is 6.92 Å². The molecule has 0 saturated carbocycles. The van der Waals surface area contributed by atoms with E-state index in [9.17, 15) is 8.42 Å². The molecule has 0 saturated heterocycles. The van der Waals surface area contributed by atoms with E-state index in [0.717, 1.165) is 16.9 Å². The SMILES string of the molecule is C/C=C\N(C)[CH-]Nc1[c-]c(N2C=CN(C)[CH-]2)cc(-c2c(-c3ccccc3)cccc2-c2ccccc2)c1.O=S1(=O)c2ccccc2[N-]c2ccccc21.[Pt+4]. The number of rotatable bonds is 8. The van der Waals surface area contributed by atoms with Crippen LogP contribution in [0, 0.1) is 19.4 Å². The van der Waals surface area contributed by atoms with Gasteiger partial charge in [0.25, 0.3) is 0 Å². The summed E-state index contributed by atoms with van der Waals surface area (Å²) in [6, 6.07) is 49.3. The van der Waals surface area contributed by atoms with Gasteiger partial charge >= 0.3 is 21.1 Å². The van der Waals surface area contributed by atoms with Crippen LogP contribution in [-0.2, 0) is 30.9 Å². The largest absolute Gasteiger partial charge is 4.00 e. The maximum atomic E-state index is 12.2. The third-order valence-corrected chi connectivity index (χ3v) is 10.6. The molecule has 2 aliphatic heterocycles. The standard InChI is InChI=1S/C33H31N4.C12H8NO2S.Pt/c1-4-18-35(2)24-34-29-21-28(22-30(23-29)37-20-19-36(3)25-37)33-31(26-12-7-5-8-13-26)16-11-17-32(33)27-14-9-6-10-15-27;14-16(15)11-7-3-1-5-9(11)13-10-6-2-4-8-12(10)16;/h4-22,24-25,34H,1-3H3;1-8H;/q-3;-1;+4/b18-4-;;. The van der Waals surface area contributed by atoms with Crippen molar-refractivity contribution < 1.29 is 29.5 Å². The summed E-state index contributed by atoms with van der Waals surface area (Å²) in [4.78, 5) is 6.69. The predicted octanol–water partition coefficient (Wildman–Crippen LogP) is 11.0. The number of hydrogen-bond donors (Lipinski definition) is 1. The van der Waals surface area contributed by atoms with Crippen LogP contribution in [0.3, 0.4) is 0 Å². The first-order chi connectivity index (χ1) is 25.8. The van der Waals surface area contributed by atoms with Crippen LogP contribution in [-0.4, -0.2) is 32.3 Å². The van der Waals surface area contributed by atoms with Gasteiger partial charge in [-0.1, -0.05) is 121 Å². The van der Waals surface area contributed by atoms with Gasteiger partial charge in [0.15, 0.2) is 0 Å². The van der Waals surface area contributed by atoms with Crippen molar-refractivity contribution in [1.82, 2.24) is 9.80 Å². The Morgan fingerprint density at radius 2 is 1.30 bits per heavy atom. The number of nitrogens with one attached hydrogen (secondary N) is 1. The fraction of sp³-hybridized carbons (Fsp3) is 0.0667. The van der Waals surface area contributed by atoms with E-state index in [1.165, 1.54) is 27.8 Å². The second-order valence-electron chi connectivity index (χ2n) is 12.6. The van der Waals surface area contributed by atoms with Gasteiger partial charge in [0.05, 0.1) is 9.79 Å². The normalized spacial score (nSPS) is 13.5. The number of hydrogen-bond acceptors (Lipinski definition) is 6. The summed E-state index contributed by atoms with van der Waals surface area (Å²) in [5.74, 6) is 0. The van der Waals surface area contributed by atoms with E-state index in [0.29, 0.717) is 11.4 Å². The average Bonchev–Trinajstić information content (AvgIpc) is 3.64. The van der Waals surface area contributed by atoms with Gasteiger partial charge in [0, 0.05) is 0 Å². The zero-order valence-electron chi connectivity index (χ0n) is 30.1. The topological polar surface area (TPSA) is 70.0 Å². The molecule has 8 rings (SSSR count). The minimum Gasteiger partial charge on any atom is -0.656 e. The van der Waals surface area contributed by atoms with Crippen molar-refractivity contribution in [2.75, 3.05) is 24.3 Å². The van der Waals surface area contributed by atoms with Crippen LogP contribution in [0.15, 0.2) is 174 Å². The van der Waals surface area contributed by atoms with E-state index >= 15 is 0 Å². The average molecular weight is 909 g/mol. The molecule has 7 nitrogen and oxygen atoms in total. The van der Waals surface area contributed by atoms with Gasteiger partial charge in [0.2, 0.25) is 9.84 Å². The van der Waals surface area contributed by atoms with Gasteiger partial charge in [-0.25, -0.2) is 8.42 Å². The summed E-state index contributed by atoms with van der Waals surface area (Å²) in [5.41, 5.74) is 9.95. The number of fused-ring (bicyclic) bond motifs is 2. The van der Waals surface area contributed by atoms with Crippen LogP contribution in [0.5, 0.6) is 0 Å². The van der Waals surface area contributed by atoms with Gasteiger partial charge < -0.3 is 25.3 Å². The van der Waals surface area contributed by atoms with E-state index in [-0.39, 0.29) is 30.9 Å². The van der Waals surface area contributed by atoms with Crippen molar-refractivity contribution >= 4 is 32.6 Å². The van der Waals surface area contributed by atoms with Crippen LogP contribution < -0.4 is 10.2 Å². The van der Waals surface area contributed by atoms with E-state index in [2.05, 4.69) is 125 Å². The molecule has 54 heavy (non-hydrogen) atoms. The van der Waals surface area contributed by atoms with Crippen molar-refractivity contribution in [3.8, 4) is 33.4 Å². The summed E-state index contributed by atoms with van der Waals surface area (Å²) in [6.45, 7) is 6.00. The quantitative estimate of drug-likeness (QED) is 0.153. The number of para-hydroxylation sites is 2. The first kappa shape index (κ1) is 38.2. The Kier molecular flexibility index (Phi) is 12.1. The number of anilines is 2. The monoisotopic (exact) mass is 908 g/mol. The molecule has 9 heteroatoms. The fourth-order valence-electron chi connectivity index (χ4n) is 6.34. The zero-order valence-corrected chi connectivity index (χ0v) is 33.2. The Balaban J connectivity index is 0.000000243. The Morgan fingerprint density at radius 3 is 1.83 bits per heavy atom. The Bertz CT molecular complexity index is 2270. The van der Waals surface area contributed by atoms with Crippen LogP contribution in [0.25, 0.3) is 38.7 Å². The molecule has 0 spiro atoms. The predicted molar refractivity (Wildman–Crippen MR) is 217 cm³/mol. The minimum atomic E-state index is -3.40. The molecule has 0 amide bonds. The molecule has 6 aromatic carbocycles. The smallest absolute Gasteiger partial charge is 0.656 e. The van der Waals surface area contributed by atoms with E-state index in [1.807, 2.05) is 56.0 Å². The summed E-state index contributed by atoms with van der Waals surface area (Å²) >= 11 is 0.